The molecule has 0 heterocycles. The maximum Gasteiger partial charge on any atom is 0.264 e. The van der Waals surface area contributed by atoms with Crippen LogP contribution in [0.3, 0.4) is 0 Å². The normalized spacial score (nSPS) is 22.6. The van der Waals surface area contributed by atoms with E-state index in [0.717, 1.165) is 18.2 Å². The third-order valence-electron chi connectivity index (χ3n) is 3.18. The minimum atomic E-state index is -3.38. The van der Waals surface area contributed by atoms with Crippen LogP contribution in [0.5, 0.6) is 0 Å². The third-order valence-corrected chi connectivity index (χ3v) is 3.75. The van der Waals surface area contributed by atoms with Crippen LogP contribution >= 0.6 is 0 Å². The van der Waals surface area contributed by atoms with E-state index in [1.165, 1.54) is 13.0 Å². The predicted molar refractivity (Wildman–Crippen MR) is 65.0 cm³/mol. The van der Waals surface area contributed by atoms with Gasteiger partial charge in [-0.25, -0.2) is 0 Å². The Morgan fingerprint density at radius 1 is 1.59 bits per heavy atom. The van der Waals surface area contributed by atoms with Crippen molar-refractivity contribution in [2.45, 2.75) is 27.2 Å². The molecular weight excluding hydrogens is 240 g/mol. The van der Waals surface area contributed by atoms with Crippen molar-refractivity contribution >= 4 is 15.9 Å². The summed E-state index contributed by atoms with van der Waals surface area (Å²) in [5, 5.41) is 0. The first-order chi connectivity index (χ1) is 7.63. The van der Waals surface area contributed by atoms with Gasteiger partial charge in [0.1, 0.15) is 0 Å². The number of ketones is 1. The molecule has 0 aliphatic heterocycles. The van der Waals surface area contributed by atoms with E-state index in [9.17, 15) is 13.2 Å². The SMILES string of the molecule is CC(=O)C=C=C1CC(COS(C)(=O)=O)C1(C)C. The van der Waals surface area contributed by atoms with E-state index in [1.54, 1.807) is 0 Å². The summed E-state index contributed by atoms with van der Waals surface area (Å²) in [4.78, 5) is 10.8. The molecule has 1 saturated carbocycles. The van der Waals surface area contributed by atoms with Crippen molar-refractivity contribution in [1.82, 2.24) is 0 Å². The molecule has 0 amide bonds. The third kappa shape index (κ3) is 3.80. The summed E-state index contributed by atoms with van der Waals surface area (Å²) in [6, 6.07) is 0. The molecular formula is C12H18O4S. The van der Waals surface area contributed by atoms with E-state index in [1.807, 2.05) is 13.8 Å². The van der Waals surface area contributed by atoms with Crippen LogP contribution in [0.2, 0.25) is 0 Å². The number of hydrogen-bond acceptors (Lipinski definition) is 4. The Morgan fingerprint density at radius 2 is 2.18 bits per heavy atom. The topological polar surface area (TPSA) is 60.4 Å². The number of hydrogen-bond donors (Lipinski definition) is 0. The quantitative estimate of drug-likeness (QED) is 0.437. The second-order valence-electron chi connectivity index (χ2n) is 4.99. The fourth-order valence-corrected chi connectivity index (χ4v) is 2.20. The van der Waals surface area contributed by atoms with Crippen molar-refractivity contribution < 1.29 is 17.4 Å². The lowest BCUT2D eigenvalue weighted by atomic mass is 9.59. The Balaban J connectivity index is 2.68. The van der Waals surface area contributed by atoms with Gasteiger partial charge in [0.2, 0.25) is 0 Å². The maximum atomic E-state index is 10.9. The van der Waals surface area contributed by atoms with Crippen molar-refractivity contribution in [1.29, 1.82) is 0 Å². The van der Waals surface area contributed by atoms with E-state index < -0.39 is 10.1 Å². The first-order valence-electron chi connectivity index (χ1n) is 5.44. The smallest absolute Gasteiger partial charge is 0.264 e. The summed E-state index contributed by atoms with van der Waals surface area (Å²) in [6.07, 6.45) is 3.20. The van der Waals surface area contributed by atoms with Gasteiger partial charge < -0.3 is 0 Å². The second kappa shape index (κ2) is 4.77. The van der Waals surface area contributed by atoms with E-state index in [2.05, 4.69) is 5.73 Å². The average molecular weight is 258 g/mol. The van der Waals surface area contributed by atoms with Gasteiger partial charge in [0, 0.05) is 6.08 Å². The van der Waals surface area contributed by atoms with Gasteiger partial charge >= 0.3 is 0 Å². The lowest BCUT2D eigenvalue weighted by Crippen LogP contribution is -2.40. The molecule has 1 aliphatic rings. The van der Waals surface area contributed by atoms with Crippen molar-refractivity contribution in [3.8, 4) is 0 Å². The highest BCUT2D eigenvalue weighted by atomic mass is 32.2. The zero-order valence-electron chi connectivity index (χ0n) is 10.6. The van der Waals surface area contributed by atoms with Gasteiger partial charge in [-0.2, -0.15) is 8.42 Å². The predicted octanol–water partition coefficient (Wildman–Crippen LogP) is 1.68. The fourth-order valence-electron chi connectivity index (χ4n) is 1.79. The second-order valence-corrected chi connectivity index (χ2v) is 6.63. The molecule has 0 saturated heterocycles. The average Bonchev–Trinajstić information content (AvgIpc) is 2.13. The van der Waals surface area contributed by atoms with Gasteiger partial charge in [0.25, 0.3) is 10.1 Å². The molecule has 17 heavy (non-hydrogen) atoms. The van der Waals surface area contributed by atoms with E-state index in [0.29, 0.717) is 0 Å². The number of carbonyl (C=O) groups is 1. The molecule has 0 spiro atoms. The largest absolute Gasteiger partial charge is 0.294 e. The van der Waals surface area contributed by atoms with Crippen molar-refractivity contribution in [2.24, 2.45) is 11.3 Å². The molecule has 0 aromatic rings. The highest BCUT2D eigenvalue weighted by Crippen LogP contribution is 2.50. The monoisotopic (exact) mass is 258 g/mol. The minimum absolute atomic E-state index is 0.0378. The molecule has 0 aromatic heterocycles. The zero-order valence-corrected chi connectivity index (χ0v) is 11.4. The van der Waals surface area contributed by atoms with E-state index >= 15 is 0 Å². The Labute approximate surface area is 102 Å². The molecule has 1 unspecified atom stereocenters. The Kier molecular flexibility index (Phi) is 3.97. The van der Waals surface area contributed by atoms with Crippen molar-refractivity contribution in [2.75, 3.05) is 12.9 Å². The summed E-state index contributed by atoms with van der Waals surface area (Å²) in [5.74, 6) is 0.115. The van der Waals surface area contributed by atoms with Gasteiger partial charge in [-0.15, -0.1) is 5.73 Å². The van der Waals surface area contributed by atoms with Gasteiger partial charge in [-0.3, -0.25) is 8.98 Å². The Bertz CT molecular complexity index is 479. The zero-order chi connectivity index (χ0) is 13.3. The molecule has 1 atom stereocenters. The number of allylic oxidation sites excluding steroid dienone is 1. The number of carbonyl (C=O) groups excluding carboxylic acids is 1. The first-order valence-corrected chi connectivity index (χ1v) is 7.25. The van der Waals surface area contributed by atoms with Gasteiger partial charge in [-0.1, -0.05) is 13.8 Å². The molecule has 4 nitrogen and oxygen atoms in total. The highest BCUT2D eigenvalue weighted by molar-refractivity contribution is 7.85. The minimum Gasteiger partial charge on any atom is -0.294 e. The summed E-state index contributed by atoms with van der Waals surface area (Å²) < 4.78 is 26.6. The summed E-state index contributed by atoms with van der Waals surface area (Å²) in [7, 11) is -3.38. The van der Waals surface area contributed by atoms with Crippen LogP contribution in [0.25, 0.3) is 0 Å². The standard InChI is InChI=1S/C12H18O4S/c1-9(13)5-6-10-7-11(12(10,2)3)8-16-17(4,14)15/h5,11H,7-8H2,1-4H3. The molecule has 0 radical (unpaired) electrons. The summed E-state index contributed by atoms with van der Waals surface area (Å²) in [5.41, 5.74) is 3.85. The maximum absolute atomic E-state index is 10.9. The van der Waals surface area contributed by atoms with Crippen LogP contribution in [-0.4, -0.2) is 27.1 Å². The van der Waals surface area contributed by atoms with Crippen molar-refractivity contribution in [3.05, 3.63) is 17.4 Å². The van der Waals surface area contributed by atoms with Crippen LogP contribution in [0.1, 0.15) is 27.2 Å². The molecule has 0 aromatic carbocycles. The fraction of sp³-hybridized carbons (Fsp3) is 0.667. The van der Waals surface area contributed by atoms with Crippen LogP contribution in [0.4, 0.5) is 0 Å². The molecule has 0 bridgehead atoms. The summed E-state index contributed by atoms with van der Waals surface area (Å²) >= 11 is 0. The van der Waals surface area contributed by atoms with Crippen LogP contribution in [-0.2, 0) is 19.1 Å². The van der Waals surface area contributed by atoms with E-state index in [4.69, 9.17) is 4.18 Å². The molecule has 96 valence electrons. The van der Waals surface area contributed by atoms with Gasteiger partial charge in [0.15, 0.2) is 5.78 Å². The van der Waals surface area contributed by atoms with Crippen LogP contribution in [0.15, 0.2) is 17.4 Å². The highest BCUT2D eigenvalue weighted by Gasteiger charge is 2.43. The molecule has 1 rings (SSSR count). The summed E-state index contributed by atoms with van der Waals surface area (Å²) in [6.45, 7) is 5.67. The first kappa shape index (κ1) is 14.2. The Morgan fingerprint density at radius 3 is 2.59 bits per heavy atom. The lowest BCUT2D eigenvalue weighted by Gasteiger charge is -2.45. The van der Waals surface area contributed by atoms with Crippen LogP contribution < -0.4 is 0 Å². The molecule has 5 heteroatoms. The van der Waals surface area contributed by atoms with Gasteiger partial charge in [0.05, 0.1) is 12.9 Å². The number of rotatable bonds is 4. The van der Waals surface area contributed by atoms with Gasteiger partial charge in [-0.05, 0) is 30.3 Å². The van der Waals surface area contributed by atoms with Crippen LogP contribution in [0, 0.1) is 11.3 Å². The molecule has 1 aliphatic carbocycles. The molecule has 0 N–H and O–H groups in total. The van der Waals surface area contributed by atoms with Crippen molar-refractivity contribution in [3.63, 3.8) is 0 Å². The van der Waals surface area contributed by atoms with E-state index in [-0.39, 0.29) is 23.7 Å². The molecule has 1 fully saturated rings. The lowest BCUT2D eigenvalue weighted by molar-refractivity contribution is -0.112. The Hall–Kier alpha value is -0.900.